The first kappa shape index (κ1) is 18.4. The minimum Gasteiger partial charge on any atom is -0.309 e. The van der Waals surface area contributed by atoms with E-state index in [9.17, 15) is 8.42 Å². The van der Waals surface area contributed by atoms with E-state index in [2.05, 4.69) is 30.9 Å². The quantitative estimate of drug-likeness (QED) is 0.757. The first-order valence-corrected chi connectivity index (χ1v) is 9.66. The summed E-state index contributed by atoms with van der Waals surface area (Å²) in [5.41, 5.74) is 1.07. The average molecular weight is 340 g/mol. The van der Waals surface area contributed by atoms with Crippen molar-refractivity contribution in [3.05, 3.63) is 29.8 Å². The van der Waals surface area contributed by atoms with Gasteiger partial charge in [-0.25, -0.2) is 8.42 Å². The van der Waals surface area contributed by atoms with Crippen molar-refractivity contribution in [2.75, 3.05) is 47.3 Å². The van der Waals surface area contributed by atoms with Gasteiger partial charge >= 0.3 is 0 Å². The number of rotatable bonds is 7. The summed E-state index contributed by atoms with van der Waals surface area (Å²) in [6, 6.07) is 7.44. The van der Waals surface area contributed by atoms with Crippen LogP contribution in [0.1, 0.15) is 18.4 Å². The van der Waals surface area contributed by atoms with Crippen molar-refractivity contribution in [3.63, 3.8) is 0 Å². The average Bonchev–Trinajstić information content (AvgIpc) is 2.98. The summed E-state index contributed by atoms with van der Waals surface area (Å²) < 4.78 is 27.1. The number of nitrogens with zero attached hydrogens (tertiary/aromatic N) is 3. The van der Waals surface area contributed by atoms with Gasteiger partial charge in [0.25, 0.3) is 0 Å². The van der Waals surface area contributed by atoms with E-state index in [1.807, 2.05) is 19.1 Å². The molecule has 1 aliphatic rings. The summed E-state index contributed by atoms with van der Waals surface area (Å²) in [5.74, 6) is 0. The van der Waals surface area contributed by atoms with Crippen LogP contribution in [0.5, 0.6) is 0 Å². The van der Waals surface area contributed by atoms with Gasteiger partial charge in [-0.1, -0.05) is 17.7 Å². The lowest BCUT2D eigenvalue weighted by Gasteiger charge is -2.25. The third-order valence-electron chi connectivity index (χ3n) is 4.52. The van der Waals surface area contributed by atoms with E-state index in [0.717, 1.165) is 31.5 Å². The monoisotopic (exact) mass is 339 g/mol. The van der Waals surface area contributed by atoms with Crippen LogP contribution in [-0.4, -0.2) is 75.9 Å². The Hall–Kier alpha value is -0.950. The maximum Gasteiger partial charge on any atom is 0.243 e. The van der Waals surface area contributed by atoms with Gasteiger partial charge in [-0.3, -0.25) is 0 Å². The Balaban J connectivity index is 1.94. The SMILES string of the molecule is Cc1ccc(S(=O)(=O)N2CC[C@H](N(C)CCCN(C)C)C2)cc1. The molecule has 1 fully saturated rings. The Bertz CT molecular complexity index is 599. The van der Waals surface area contributed by atoms with Crippen molar-refractivity contribution in [1.29, 1.82) is 0 Å². The van der Waals surface area contributed by atoms with E-state index in [1.165, 1.54) is 0 Å². The zero-order chi connectivity index (χ0) is 17.0. The molecule has 0 radical (unpaired) electrons. The Labute approximate surface area is 140 Å². The standard InChI is InChI=1S/C17H29N3O2S/c1-15-6-8-17(9-7-15)23(21,22)20-13-10-16(14-20)19(4)12-5-11-18(2)3/h6-9,16H,5,10-14H2,1-4H3/t16-/m0/s1. The lowest BCUT2D eigenvalue weighted by Crippen LogP contribution is -2.37. The molecular formula is C17H29N3O2S. The lowest BCUT2D eigenvalue weighted by atomic mass is 10.2. The molecule has 130 valence electrons. The highest BCUT2D eigenvalue weighted by Crippen LogP contribution is 2.23. The highest BCUT2D eigenvalue weighted by molar-refractivity contribution is 7.89. The summed E-state index contributed by atoms with van der Waals surface area (Å²) in [7, 11) is 2.89. The molecule has 0 unspecified atom stereocenters. The summed E-state index contributed by atoms with van der Waals surface area (Å²) in [6.45, 7) is 5.22. The Morgan fingerprint density at radius 3 is 2.39 bits per heavy atom. The van der Waals surface area contributed by atoms with Gasteiger partial charge in [0.1, 0.15) is 0 Å². The second kappa shape index (κ2) is 7.75. The number of benzene rings is 1. The van der Waals surface area contributed by atoms with Crippen molar-refractivity contribution in [1.82, 2.24) is 14.1 Å². The fourth-order valence-corrected chi connectivity index (χ4v) is 4.46. The molecule has 1 aromatic carbocycles. The van der Waals surface area contributed by atoms with Crippen LogP contribution in [0.4, 0.5) is 0 Å². The second-order valence-electron chi connectivity index (χ2n) is 6.76. The van der Waals surface area contributed by atoms with Crippen molar-refractivity contribution >= 4 is 10.0 Å². The molecular weight excluding hydrogens is 310 g/mol. The number of likely N-dealkylation sites (N-methyl/N-ethyl adjacent to an activating group) is 1. The molecule has 0 aliphatic carbocycles. The van der Waals surface area contributed by atoms with Gasteiger partial charge in [0.05, 0.1) is 4.90 Å². The molecule has 1 aliphatic heterocycles. The lowest BCUT2D eigenvalue weighted by molar-refractivity contribution is 0.235. The highest BCUT2D eigenvalue weighted by atomic mass is 32.2. The van der Waals surface area contributed by atoms with Crippen LogP contribution in [0.3, 0.4) is 0 Å². The summed E-state index contributed by atoms with van der Waals surface area (Å²) in [6.07, 6.45) is 2.01. The van der Waals surface area contributed by atoms with Crippen LogP contribution in [0, 0.1) is 6.92 Å². The molecule has 0 aromatic heterocycles. The van der Waals surface area contributed by atoms with Crippen LogP contribution in [0.15, 0.2) is 29.2 Å². The molecule has 0 bridgehead atoms. The summed E-state index contributed by atoms with van der Waals surface area (Å²) in [5, 5.41) is 0. The van der Waals surface area contributed by atoms with Crippen molar-refractivity contribution < 1.29 is 8.42 Å². The Morgan fingerprint density at radius 1 is 1.13 bits per heavy atom. The van der Waals surface area contributed by atoms with E-state index in [-0.39, 0.29) is 0 Å². The molecule has 1 atom stereocenters. The maximum absolute atomic E-state index is 12.7. The predicted molar refractivity (Wildman–Crippen MR) is 94.1 cm³/mol. The minimum absolute atomic E-state index is 0.317. The van der Waals surface area contributed by atoms with Crippen molar-refractivity contribution in [3.8, 4) is 0 Å². The maximum atomic E-state index is 12.7. The molecule has 6 heteroatoms. The highest BCUT2D eigenvalue weighted by Gasteiger charge is 2.33. The zero-order valence-corrected chi connectivity index (χ0v) is 15.5. The molecule has 0 amide bonds. The number of hydrogen-bond donors (Lipinski definition) is 0. The van der Waals surface area contributed by atoms with Gasteiger partial charge in [0, 0.05) is 19.1 Å². The third kappa shape index (κ3) is 4.76. The van der Waals surface area contributed by atoms with Crippen molar-refractivity contribution in [2.45, 2.75) is 30.7 Å². The molecule has 1 saturated heterocycles. The topological polar surface area (TPSA) is 43.9 Å². The van der Waals surface area contributed by atoms with E-state index < -0.39 is 10.0 Å². The van der Waals surface area contributed by atoms with Gasteiger partial charge in [0.15, 0.2) is 0 Å². The van der Waals surface area contributed by atoms with Crippen LogP contribution in [0.2, 0.25) is 0 Å². The fourth-order valence-electron chi connectivity index (χ4n) is 2.97. The molecule has 1 aromatic rings. The largest absolute Gasteiger partial charge is 0.309 e. The molecule has 0 saturated carbocycles. The summed E-state index contributed by atoms with van der Waals surface area (Å²) in [4.78, 5) is 4.88. The van der Waals surface area contributed by atoms with Gasteiger partial charge < -0.3 is 9.80 Å². The van der Waals surface area contributed by atoms with Gasteiger partial charge in [-0.2, -0.15) is 4.31 Å². The number of sulfonamides is 1. The first-order valence-electron chi connectivity index (χ1n) is 8.22. The minimum atomic E-state index is -3.36. The first-order chi connectivity index (χ1) is 10.8. The van der Waals surface area contributed by atoms with Crippen LogP contribution in [-0.2, 0) is 10.0 Å². The number of hydrogen-bond acceptors (Lipinski definition) is 4. The Kier molecular flexibility index (Phi) is 6.19. The smallest absolute Gasteiger partial charge is 0.243 e. The van der Waals surface area contributed by atoms with E-state index >= 15 is 0 Å². The molecule has 2 rings (SSSR count). The third-order valence-corrected chi connectivity index (χ3v) is 6.40. The Morgan fingerprint density at radius 2 is 1.78 bits per heavy atom. The van der Waals surface area contributed by atoms with Crippen LogP contribution < -0.4 is 0 Å². The van der Waals surface area contributed by atoms with E-state index in [1.54, 1.807) is 16.4 Å². The predicted octanol–water partition coefficient (Wildman–Crippen LogP) is 1.64. The number of aryl methyl sites for hydroxylation is 1. The van der Waals surface area contributed by atoms with Crippen LogP contribution in [0.25, 0.3) is 0 Å². The molecule has 1 heterocycles. The van der Waals surface area contributed by atoms with Crippen molar-refractivity contribution in [2.24, 2.45) is 0 Å². The second-order valence-corrected chi connectivity index (χ2v) is 8.69. The molecule has 5 nitrogen and oxygen atoms in total. The van der Waals surface area contributed by atoms with Crippen LogP contribution >= 0.6 is 0 Å². The van der Waals surface area contributed by atoms with E-state index in [0.29, 0.717) is 24.0 Å². The van der Waals surface area contributed by atoms with E-state index in [4.69, 9.17) is 0 Å². The van der Waals surface area contributed by atoms with Gasteiger partial charge in [-0.15, -0.1) is 0 Å². The van der Waals surface area contributed by atoms with Gasteiger partial charge in [0.2, 0.25) is 10.0 Å². The summed E-state index contributed by atoms with van der Waals surface area (Å²) >= 11 is 0. The molecule has 0 N–H and O–H groups in total. The molecule has 0 spiro atoms. The zero-order valence-electron chi connectivity index (χ0n) is 14.7. The molecule has 23 heavy (non-hydrogen) atoms. The fraction of sp³-hybridized carbons (Fsp3) is 0.647. The normalized spacial score (nSPS) is 19.8. The van der Waals surface area contributed by atoms with Gasteiger partial charge in [-0.05, 0) is 66.1 Å².